The van der Waals surface area contributed by atoms with Gasteiger partial charge in [-0.1, -0.05) is 17.7 Å². The Morgan fingerprint density at radius 3 is 2.83 bits per heavy atom. The van der Waals surface area contributed by atoms with Crippen LogP contribution in [0.2, 0.25) is 5.02 Å². The van der Waals surface area contributed by atoms with Gasteiger partial charge in [-0.3, -0.25) is 4.79 Å². The molecule has 0 saturated heterocycles. The molecule has 8 heteroatoms. The molecule has 0 bridgehead atoms. The molecule has 0 saturated carbocycles. The second kappa shape index (κ2) is 8.90. The zero-order valence-electron chi connectivity index (χ0n) is 15.7. The quantitative estimate of drug-likeness (QED) is 0.494. The van der Waals surface area contributed by atoms with Crippen LogP contribution in [0.5, 0.6) is 17.4 Å². The summed E-state index contributed by atoms with van der Waals surface area (Å²) in [4.78, 5) is 15.5. The van der Waals surface area contributed by atoms with Gasteiger partial charge in [0.1, 0.15) is 29.3 Å². The van der Waals surface area contributed by atoms with Crippen LogP contribution in [0, 0.1) is 5.82 Å². The average Bonchev–Trinajstić information content (AvgIpc) is 2.76. The third-order valence-electron chi connectivity index (χ3n) is 4.66. The summed E-state index contributed by atoms with van der Waals surface area (Å²) < 4.78 is 25.3. The number of carbonyl (C=O) groups is 1. The first-order valence-corrected chi connectivity index (χ1v) is 10.2. The minimum Gasteiger partial charge on any atom is -0.485 e. The molecule has 1 aliphatic rings. The second-order valence-corrected chi connectivity index (χ2v) is 7.43. The summed E-state index contributed by atoms with van der Waals surface area (Å²) in [6.07, 6.45) is 2.84. The summed E-state index contributed by atoms with van der Waals surface area (Å²) in [6.45, 7) is 0. The van der Waals surface area contributed by atoms with Crippen molar-refractivity contribution in [3.63, 3.8) is 0 Å². The van der Waals surface area contributed by atoms with Crippen molar-refractivity contribution in [2.75, 3.05) is 11.2 Å². The summed E-state index contributed by atoms with van der Waals surface area (Å²) in [7, 11) is 0. The maximum Gasteiger partial charge on any atom is 0.239 e. The minimum absolute atomic E-state index is 0.0892. The topological polar surface area (TPSA) is 60.5 Å². The van der Waals surface area contributed by atoms with Crippen LogP contribution in [0.4, 0.5) is 10.1 Å². The lowest BCUT2D eigenvalue weighted by atomic mass is 9.97. The number of benzene rings is 2. The molecular weight excluding hydrogens is 430 g/mol. The van der Waals surface area contributed by atoms with Crippen LogP contribution >= 0.6 is 23.2 Å². The molecule has 3 aromatic rings. The van der Waals surface area contributed by atoms with E-state index in [-0.39, 0.29) is 22.9 Å². The van der Waals surface area contributed by atoms with Crippen molar-refractivity contribution >= 4 is 34.8 Å². The summed E-state index contributed by atoms with van der Waals surface area (Å²) >= 11 is 11.4. The van der Waals surface area contributed by atoms with Gasteiger partial charge in [0.25, 0.3) is 0 Å². The molecule has 0 fully saturated rings. The molecular formula is C22H17Cl2FN2O3. The number of hydrogen-bond acceptors (Lipinski definition) is 4. The van der Waals surface area contributed by atoms with Gasteiger partial charge in [-0.2, -0.15) is 0 Å². The lowest BCUT2D eigenvalue weighted by Gasteiger charge is -2.27. The molecule has 1 atom stereocenters. The van der Waals surface area contributed by atoms with Crippen LogP contribution in [0.25, 0.3) is 0 Å². The number of aromatic nitrogens is 1. The third kappa shape index (κ3) is 4.66. The van der Waals surface area contributed by atoms with E-state index in [1.165, 1.54) is 12.3 Å². The third-order valence-corrected chi connectivity index (χ3v) is 5.19. The van der Waals surface area contributed by atoms with Crippen LogP contribution in [0.15, 0.2) is 54.7 Å². The highest BCUT2D eigenvalue weighted by molar-refractivity contribution is 6.30. The molecule has 1 amide bonds. The zero-order chi connectivity index (χ0) is 21.1. The van der Waals surface area contributed by atoms with E-state index in [1.807, 2.05) is 12.1 Å². The predicted octanol–water partition coefficient (Wildman–Crippen LogP) is 5.91. The molecule has 1 unspecified atom stereocenters. The fourth-order valence-corrected chi connectivity index (χ4v) is 3.46. The highest BCUT2D eigenvalue weighted by Gasteiger charge is 2.22. The van der Waals surface area contributed by atoms with Gasteiger partial charge in [0.2, 0.25) is 11.8 Å². The molecule has 1 N–H and O–H groups in total. The van der Waals surface area contributed by atoms with Crippen molar-refractivity contribution in [2.24, 2.45) is 0 Å². The number of nitrogens with one attached hydrogen (secondary N) is 1. The van der Waals surface area contributed by atoms with E-state index in [0.717, 1.165) is 29.7 Å². The number of amides is 1. The van der Waals surface area contributed by atoms with Crippen molar-refractivity contribution < 1.29 is 18.7 Å². The number of rotatable bonds is 5. The number of fused-ring (bicyclic) bond motifs is 1. The Morgan fingerprint density at radius 1 is 1.23 bits per heavy atom. The largest absolute Gasteiger partial charge is 0.485 e. The molecule has 30 heavy (non-hydrogen) atoms. The Bertz CT molecular complexity index is 1080. The summed E-state index contributed by atoms with van der Waals surface area (Å²) in [6, 6.07) is 13.6. The van der Waals surface area contributed by atoms with Gasteiger partial charge in [0, 0.05) is 6.07 Å². The standard InChI is InChI=1S/C22H17Cl2FN2O3/c23-11-21(28)27-15-3-8-22(26-12-15)29-16-4-7-20-13(9-16)2-6-19(30-20)14-1-5-18(25)17(24)10-14/h1,3-5,7-10,12,19H,2,6,11H2,(H,27,28). The van der Waals surface area contributed by atoms with Crippen LogP contribution < -0.4 is 14.8 Å². The zero-order valence-corrected chi connectivity index (χ0v) is 17.2. The molecule has 2 aromatic carbocycles. The van der Waals surface area contributed by atoms with E-state index in [0.29, 0.717) is 17.3 Å². The average molecular weight is 447 g/mol. The van der Waals surface area contributed by atoms with E-state index in [9.17, 15) is 9.18 Å². The lowest BCUT2D eigenvalue weighted by Crippen LogP contribution is -2.15. The summed E-state index contributed by atoms with van der Waals surface area (Å²) in [5.41, 5.74) is 2.40. The number of nitrogens with zero attached hydrogens (tertiary/aromatic N) is 1. The normalized spacial score (nSPS) is 15.1. The van der Waals surface area contributed by atoms with Crippen molar-refractivity contribution in [3.05, 3.63) is 76.7 Å². The van der Waals surface area contributed by atoms with E-state index in [2.05, 4.69) is 10.3 Å². The number of anilines is 1. The Labute approximate surface area is 182 Å². The first-order chi connectivity index (χ1) is 14.5. The Hall–Kier alpha value is -2.83. The number of pyridine rings is 1. The molecule has 154 valence electrons. The number of alkyl halides is 1. The van der Waals surface area contributed by atoms with Gasteiger partial charge < -0.3 is 14.8 Å². The SMILES string of the molecule is O=C(CCl)Nc1ccc(Oc2ccc3c(c2)CCC(c2ccc(F)c(Cl)c2)O3)nc1. The van der Waals surface area contributed by atoms with E-state index >= 15 is 0 Å². The van der Waals surface area contributed by atoms with E-state index < -0.39 is 5.82 Å². The number of ether oxygens (including phenoxy) is 2. The van der Waals surface area contributed by atoms with Gasteiger partial charge in [-0.05, 0) is 60.4 Å². The molecule has 1 aromatic heterocycles. The number of aryl methyl sites for hydroxylation is 1. The fourth-order valence-electron chi connectivity index (χ4n) is 3.21. The Balaban J connectivity index is 1.44. The fraction of sp³-hybridized carbons (Fsp3) is 0.182. The Kier molecular flexibility index (Phi) is 6.06. The summed E-state index contributed by atoms with van der Waals surface area (Å²) in [5, 5.41) is 2.70. The molecule has 1 aliphatic heterocycles. The van der Waals surface area contributed by atoms with Gasteiger partial charge >= 0.3 is 0 Å². The van der Waals surface area contributed by atoms with Crippen molar-refractivity contribution in [2.45, 2.75) is 18.9 Å². The van der Waals surface area contributed by atoms with Crippen molar-refractivity contribution in [1.29, 1.82) is 0 Å². The molecule has 2 heterocycles. The highest BCUT2D eigenvalue weighted by atomic mass is 35.5. The second-order valence-electron chi connectivity index (χ2n) is 6.76. The predicted molar refractivity (Wildman–Crippen MR) is 113 cm³/mol. The summed E-state index contributed by atoms with van der Waals surface area (Å²) in [5.74, 6) is 0.917. The first kappa shape index (κ1) is 20.4. The van der Waals surface area contributed by atoms with Gasteiger partial charge in [0.05, 0.1) is 16.9 Å². The van der Waals surface area contributed by atoms with E-state index in [1.54, 1.807) is 30.3 Å². The molecule has 4 rings (SSSR count). The maximum absolute atomic E-state index is 13.4. The van der Waals surface area contributed by atoms with Gasteiger partial charge in [0.15, 0.2) is 0 Å². The van der Waals surface area contributed by atoms with Gasteiger partial charge in [-0.15, -0.1) is 11.6 Å². The maximum atomic E-state index is 13.4. The molecule has 0 spiro atoms. The van der Waals surface area contributed by atoms with Gasteiger partial charge in [-0.25, -0.2) is 9.37 Å². The monoisotopic (exact) mass is 446 g/mol. The van der Waals surface area contributed by atoms with E-state index in [4.69, 9.17) is 32.7 Å². The van der Waals surface area contributed by atoms with Crippen molar-refractivity contribution in [3.8, 4) is 17.4 Å². The number of halogens is 3. The smallest absolute Gasteiger partial charge is 0.239 e. The van der Waals surface area contributed by atoms with Crippen LogP contribution in [0.3, 0.4) is 0 Å². The number of hydrogen-bond donors (Lipinski definition) is 1. The minimum atomic E-state index is -0.443. The van der Waals surface area contributed by atoms with Crippen LogP contribution in [0.1, 0.15) is 23.7 Å². The number of carbonyl (C=O) groups excluding carboxylic acids is 1. The highest BCUT2D eigenvalue weighted by Crippen LogP contribution is 2.38. The Morgan fingerprint density at radius 2 is 2.10 bits per heavy atom. The van der Waals surface area contributed by atoms with Crippen LogP contribution in [-0.2, 0) is 11.2 Å². The lowest BCUT2D eigenvalue weighted by molar-refractivity contribution is -0.113. The molecule has 0 radical (unpaired) electrons. The molecule has 5 nitrogen and oxygen atoms in total. The van der Waals surface area contributed by atoms with Crippen LogP contribution in [-0.4, -0.2) is 16.8 Å². The first-order valence-electron chi connectivity index (χ1n) is 9.26. The molecule has 0 aliphatic carbocycles. The van der Waals surface area contributed by atoms with Crippen molar-refractivity contribution in [1.82, 2.24) is 4.98 Å².